The van der Waals surface area contributed by atoms with Crippen LogP contribution in [0.1, 0.15) is 36.5 Å². The Bertz CT molecular complexity index is 1340. The minimum atomic E-state index is -3.99. The van der Waals surface area contributed by atoms with E-state index in [1.54, 1.807) is 36.4 Å². The van der Waals surface area contributed by atoms with Crippen molar-refractivity contribution in [1.29, 1.82) is 0 Å². The summed E-state index contributed by atoms with van der Waals surface area (Å²) >= 11 is 3.53. The van der Waals surface area contributed by atoms with Crippen LogP contribution in [0, 0.1) is 6.92 Å². The number of carbonyl (C=O) groups excluding carboxylic acids is 1. The molecule has 36 heavy (non-hydrogen) atoms. The minimum absolute atomic E-state index is 0.114. The molecule has 190 valence electrons. The third-order valence-corrected chi connectivity index (χ3v) is 8.02. The van der Waals surface area contributed by atoms with Crippen molar-refractivity contribution in [2.24, 2.45) is 5.10 Å². The molecule has 0 aromatic heterocycles. The second-order valence-electron chi connectivity index (χ2n) is 8.97. The van der Waals surface area contributed by atoms with E-state index in [2.05, 4.69) is 40.3 Å². The van der Waals surface area contributed by atoms with Gasteiger partial charge in [-0.15, -0.1) is 0 Å². The van der Waals surface area contributed by atoms with Crippen LogP contribution in [-0.2, 0) is 14.8 Å². The summed E-state index contributed by atoms with van der Waals surface area (Å²) in [5, 5.41) is 4.03. The molecule has 3 rings (SSSR count). The number of hydrazone groups is 1. The van der Waals surface area contributed by atoms with Crippen molar-refractivity contribution in [2.45, 2.75) is 31.6 Å². The third kappa shape index (κ3) is 6.73. The second kappa shape index (κ2) is 11.7. The number of amides is 1. The summed E-state index contributed by atoms with van der Waals surface area (Å²) in [6.45, 7) is 5.59. The summed E-state index contributed by atoms with van der Waals surface area (Å²) < 4.78 is 29.0. The number of carbonyl (C=O) groups is 1. The molecule has 0 saturated carbocycles. The Hall–Kier alpha value is -3.17. The van der Waals surface area contributed by atoms with E-state index in [1.807, 2.05) is 56.3 Å². The molecule has 0 radical (unpaired) electrons. The lowest BCUT2D eigenvalue weighted by molar-refractivity contribution is -0.119. The first kappa shape index (κ1) is 27.4. The maximum atomic E-state index is 13.5. The van der Waals surface area contributed by atoms with E-state index in [-0.39, 0.29) is 4.90 Å². The van der Waals surface area contributed by atoms with Crippen LogP contribution in [0.25, 0.3) is 0 Å². The van der Waals surface area contributed by atoms with E-state index in [0.717, 1.165) is 31.2 Å². The highest BCUT2D eigenvalue weighted by Gasteiger charge is 2.27. The van der Waals surface area contributed by atoms with Crippen LogP contribution in [0.15, 0.2) is 81.2 Å². The van der Waals surface area contributed by atoms with E-state index in [1.165, 1.54) is 6.21 Å². The molecule has 0 heterocycles. The zero-order chi connectivity index (χ0) is 26.5. The number of anilines is 2. The van der Waals surface area contributed by atoms with Gasteiger partial charge in [0.15, 0.2) is 0 Å². The number of halogens is 1. The Kier molecular flexibility index (Phi) is 8.92. The normalized spacial score (nSPS) is 11.6. The van der Waals surface area contributed by atoms with Crippen molar-refractivity contribution in [3.05, 3.63) is 87.9 Å². The molecule has 0 spiro atoms. The van der Waals surface area contributed by atoms with Crippen molar-refractivity contribution in [3.63, 3.8) is 0 Å². The average Bonchev–Trinajstić information content (AvgIpc) is 2.82. The Morgan fingerprint density at radius 3 is 2.22 bits per heavy atom. The molecule has 3 aromatic rings. The predicted molar refractivity (Wildman–Crippen MR) is 150 cm³/mol. The van der Waals surface area contributed by atoms with Crippen LogP contribution in [0.2, 0.25) is 0 Å². The molecule has 9 heteroatoms. The fourth-order valence-electron chi connectivity index (χ4n) is 3.49. The van der Waals surface area contributed by atoms with Crippen molar-refractivity contribution in [3.8, 4) is 0 Å². The summed E-state index contributed by atoms with van der Waals surface area (Å²) in [6.07, 6.45) is 1.51. The summed E-state index contributed by atoms with van der Waals surface area (Å²) in [6, 6.07) is 19.5. The van der Waals surface area contributed by atoms with E-state index in [4.69, 9.17) is 0 Å². The van der Waals surface area contributed by atoms with Gasteiger partial charge >= 0.3 is 0 Å². The molecule has 0 aliphatic rings. The lowest BCUT2D eigenvalue weighted by atomic mass is 10.0. The number of hydrogen-bond acceptors (Lipinski definition) is 5. The molecular weight excluding hydrogens is 540 g/mol. The number of benzene rings is 3. The average molecular weight is 572 g/mol. The van der Waals surface area contributed by atoms with Crippen molar-refractivity contribution >= 4 is 49.4 Å². The monoisotopic (exact) mass is 570 g/mol. The number of rotatable bonds is 9. The zero-order valence-corrected chi connectivity index (χ0v) is 23.5. The number of hydrogen-bond donors (Lipinski definition) is 1. The van der Waals surface area contributed by atoms with Crippen LogP contribution >= 0.6 is 15.9 Å². The van der Waals surface area contributed by atoms with E-state index in [9.17, 15) is 13.2 Å². The standard InChI is InChI=1S/C27H31BrN4O3S/c1-19(2)22-9-11-23(12-10-22)32(36(34,35)24-13-6-20(3)7-14-24)18-27(33)30-29-17-21-8-15-26(31(4)5)25(28)16-21/h6-17,19H,18H2,1-5H3,(H,30,33)/b29-17-. The van der Waals surface area contributed by atoms with Crippen molar-refractivity contribution < 1.29 is 13.2 Å². The summed E-state index contributed by atoms with van der Waals surface area (Å²) in [5.41, 5.74) is 6.66. The number of aryl methyl sites for hydroxylation is 1. The molecule has 3 aromatic carbocycles. The van der Waals surface area contributed by atoms with Crippen molar-refractivity contribution in [2.75, 3.05) is 29.8 Å². The van der Waals surface area contributed by atoms with Gasteiger partial charge in [0, 0.05) is 18.6 Å². The van der Waals surface area contributed by atoms with Crippen molar-refractivity contribution in [1.82, 2.24) is 5.43 Å². The predicted octanol–water partition coefficient (Wildman–Crippen LogP) is 5.29. The van der Waals surface area contributed by atoms with Gasteiger partial charge < -0.3 is 4.90 Å². The summed E-state index contributed by atoms with van der Waals surface area (Å²) in [5.74, 6) is -0.260. The highest BCUT2D eigenvalue weighted by Crippen LogP contribution is 2.27. The molecule has 0 fully saturated rings. The van der Waals surface area contributed by atoms with E-state index in [0.29, 0.717) is 11.6 Å². The van der Waals surface area contributed by atoms with Crippen LogP contribution < -0.4 is 14.6 Å². The minimum Gasteiger partial charge on any atom is -0.377 e. The van der Waals surface area contributed by atoms with Gasteiger partial charge in [0.1, 0.15) is 6.54 Å². The number of sulfonamides is 1. The maximum Gasteiger partial charge on any atom is 0.264 e. The first-order valence-electron chi connectivity index (χ1n) is 11.5. The van der Waals surface area contributed by atoms with Gasteiger partial charge in [0.2, 0.25) is 0 Å². The quantitative estimate of drug-likeness (QED) is 0.280. The van der Waals surface area contributed by atoms with Crippen LogP contribution in [0.4, 0.5) is 11.4 Å². The van der Waals surface area contributed by atoms with E-state index < -0.39 is 22.5 Å². The molecule has 0 aliphatic heterocycles. The smallest absolute Gasteiger partial charge is 0.264 e. The number of nitrogens with one attached hydrogen (secondary N) is 1. The van der Waals surface area contributed by atoms with Gasteiger partial charge in [-0.1, -0.05) is 49.7 Å². The third-order valence-electron chi connectivity index (χ3n) is 5.60. The molecule has 0 atom stereocenters. The first-order chi connectivity index (χ1) is 17.0. The molecule has 1 N–H and O–H groups in total. The highest BCUT2D eigenvalue weighted by atomic mass is 79.9. The largest absolute Gasteiger partial charge is 0.377 e. The van der Waals surface area contributed by atoms with Gasteiger partial charge in [0.25, 0.3) is 15.9 Å². The summed E-state index contributed by atoms with van der Waals surface area (Å²) in [4.78, 5) is 14.9. The second-order valence-corrected chi connectivity index (χ2v) is 11.7. The molecule has 1 amide bonds. The lowest BCUT2D eigenvalue weighted by Gasteiger charge is -2.24. The van der Waals surface area contributed by atoms with Gasteiger partial charge in [0.05, 0.1) is 22.5 Å². The Balaban J connectivity index is 1.83. The molecule has 0 aliphatic carbocycles. The van der Waals surface area contributed by atoms with E-state index >= 15 is 0 Å². The van der Waals surface area contributed by atoms with Crippen LogP contribution in [0.5, 0.6) is 0 Å². The van der Waals surface area contributed by atoms with Gasteiger partial charge in [-0.05, 0) is 76.3 Å². The van der Waals surface area contributed by atoms with Crippen LogP contribution in [-0.4, -0.2) is 41.2 Å². The Morgan fingerprint density at radius 2 is 1.67 bits per heavy atom. The molecule has 0 bridgehead atoms. The fraction of sp³-hybridized carbons (Fsp3) is 0.259. The maximum absolute atomic E-state index is 13.5. The Labute approximate surface area is 222 Å². The molecule has 0 unspecified atom stereocenters. The van der Waals surface area contributed by atoms with Gasteiger partial charge in [-0.25, -0.2) is 13.8 Å². The number of nitrogens with zero attached hydrogens (tertiary/aromatic N) is 3. The topological polar surface area (TPSA) is 82.1 Å². The fourth-order valence-corrected chi connectivity index (χ4v) is 5.66. The lowest BCUT2D eigenvalue weighted by Crippen LogP contribution is -2.39. The van der Waals surface area contributed by atoms with Gasteiger partial charge in [-0.3, -0.25) is 9.10 Å². The zero-order valence-electron chi connectivity index (χ0n) is 21.1. The van der Waals surface area contributed by atoms with Gasteiger partial charge in [-0.2, -0.15) is 5.10 Å². The Morgan fingerprint density at radius 1 is 1.03 bits per heavy atom. The first-order valence-corrected chi connectivity index (χ1v) is 13.7. The van der Waals surface area contributed by atoms with Crippen LogP contribution in [0.3, 0.4) is 0 Å². The molecule has 0 saturated heterocycles. The molecular formula is C27H31BrN4O3S. The SMILES string of the molecule is Cc1ccc(S(=O)(=O)N(CC(=O)N/N=C\c2ccc(N(C)C)c(Br)c2)c2ccc(C(C)C)cc2)cc1. The highest BCUT2D eigenvalue weighted by molar-refractivity contribution is 9.10. The molecule has 7 nitrogen and oxygen atoms in total. The summed E-state index contributed by atoms with van der Waals surface area (Å²) in [7, 11) is -0.0944.